The Morgan fingerprint density at radius 3 is 2.96 bits per heavy atom. The fraction of sp³-hybridized carbons (Fsp3) is 0.467. The molecule has 1 fully saturated rings. The number of hydrogen-bond acceptors (Lipinski definition) is 3. The van der Waals surface area contributed by atoms with Gasteiger partial charge >= 0.3 is 6.61 Å². The van der Waals surface area contributed by atoms with E-state index in [0.717, 1.165) is 0 Å². The van der Waals surface area contributed by atoms with Crippen LogP contribution >= 0.6 is 11.6 Å². The topological polar surface area (TPSA) is 74.8 Å². The lowest BCUT2D eigenvalue weighted by atomic mass is 10.1. The summed E-state index contributed by atoms with van der Waals surface area (Å²) in [5.74, 6) is 0.588. The summed E-state index contributed by atoms with van der Waals surface area (Å²) < 4.78 is 29.4. The molecule has 1 atom stereocenters. The number of carbonyl (C=O) groups excluding carboxylic acids is 1. The van der Waals surface area contributed by atoms with Crippen LogP contribution in [0.1, 0.15) is 18.4 Å². The fourth-order valence-electron chi connectivity index (χ4n) is 2.32. The molecule has 1 aliphatic rings. The standard InChI is InChI=1S/C15H19ClF2N4O2/c1-19-15(22-11-3-5-13(23)20-8-11)21-7-9-6-10(16)2-4-12(9)24-14(17)18/h2,4,6,11,14H,3,5,7-8H2,1H3,(H,20,23)(H2,19,21,22). The van der Waals surface area contributed by atoms with Crippen LogP contribution in [0, 0.1) is 0 Å². The normalized spacial score (nSPS) is 18.3. The van der Waals surface area contributed by atoms with Crippen molar-refractivity contribution >= 4 is 23.5 Å². The smallest absolute Gasteiger partial charge is 0.387 e. The average molecular weight is 361 g/mol. The molecule has 0 aliphatic carbocycles. The highest BCUT2D eigenvalue weighted by molar-refractivity contribution is 6.30. The van der Waals surface area contributed by atoms with Crippen molar-refractivity contribution in [1.82, 2.24) is 16.0 Å². The van der Waals surface area contributed by atoms with E-state index in [4.69, 9.17) is 11.6 Å². The molecule has 1 amide bonds. The Balaban J connectivity index is 1.95. The molecule has 3 N–H and O–H groups in total. The number of piperidine rings is 1. The quantitative estimate of drug-likeness (QED) is 0.553. The predicted octanol–water partition coefficient (Wildman–Crippen LogP) is 1.88. The zero-order valence-corrected chi connectivity index (χ0v) is 13.9. The molecule has 0 saturated carbocycles. The van der Waals surface area contributed by atoms with Crippen molar-refractivity contribution in [1.29, 1.82) is 0 Å². The average Bonchev–Trinajstić information content (AvgIpc) is 2.55. The van der Waals surface area contributed by atoms with Gasteiger partial charge in [0.05, 0.1) is 0 Å². The molecule has 0 spiro atoms. The van der Waals surface area contributed by atoms with Crippen molar-refractivity contribution in [2.45, 2.75) is 32.0 Å². The van der Waals surface area contributed by atoms with Crippen molar-refractivity contribution in [3.05, 3.63) is 28.8 Å². The number of benzene rings is 1. The third-order valence-corrected chi connectivity index (χ3v) is 3.75. The van der Waals surface area contributed by atoms with Gasteiger partial charge in [-0.15, -0.1) is 0 Å². The van der Waals surface area contributed by atoms with E-state index in [9.17, 15) is 13.6 Å². The van der Waals surface area contributed by atoms with Gasteiger partial charge in [0.15, 0.2) is 5.96 Å². The number of guanidine groups is 1. The molecular weight excluding hydrogens is 342 g/mol. The van der Waals surface area contributed by atoms with Crippen LogP contribution in [0.25, 0.3) is 0 Å². The molecule has 1 aliphatic heterocycles. The molecule has 0 bridgehead atoms. The van der Waals surface area contributed by atoms with E-state index in [0.29, 0.717) is 35.9 Å². The van der Waals surface area contributed by atoms with Crippen LogP contribution in [-0.4, -0.2) is 38.1 Å². The van der Waals surface area contributed by atoms with E-state index in [1.165, 1.54) is 12.1 Å². The van der Waals surface area contributed by atoms with Gasteiger partial charge in [-0.05, 0) is 24.6 Å². The highest BCUT2D eigenvalue weighted by Gasteiger charge is 2.19. The number of carbonyl (C=O) groups is 1. The number of amides is 1. The number of hydrogen-bond donors (Lipinski definition) is 3. The van der Waals surface area contributed by atoms with E-state index in [-0.39, 0.29) is 24.2 Å². The number of nitrogens with one attached hydrogen (secondary N) is 3. The third-order valence-electron chi connectivity index (χ3n) is 3.51. The molecule has 6 nitrogen and oxygen atoms in total. The highest BCUT2D eigenvalue weighted by atomic mass is 35.5. The highest BCUT2D eigenvalue weighted by Crippen LogP contribution is 2.24. The zero-order valence-electron chi connectivity index (χ0n) is 13.1. The summed E-state index contributed by atoms with van der Waals surface area (Å²) in [4.78, 5) is 15.2. The van der Waals surface area contributed by atoms with Crippen molar-refractivity contribution in [2.75, 3.05) is 13.6 Å². The van der Waals surface area contributed by atoms with Crippen molar-refractivity contribution < 1.29 is 18.3 Å². The molecule has 0 aromatic heterocycles. The van der Waals surface area contributed by atoms with Gasteiger partial charge in [-0.2, -0.15) is 8.78 Å². The van der Waals surface area contributed by atoms with Crippen LogP contribution in [0.15, 0.2) is 23.2 Å². The van der Waals surface area contributed by atoms with E-state index in [1.54, 1.807) is 13.1 Å². The van der Waals surface area contributed by atoms with Crippen LogP contribution in [0.4, 0.5) is 8.78 Å². The number of halogens is 3. The van der Waals surface area contributed by atoms with Gasteiger partial charge in [0.1, 0.15) is 5.75 Å². The summed E-state index contributed by atoms with van der Waals surface area (Å²) in [7, 11) is 1.60. The summed E-state index contributed by atoms with van der Waals surface area (Å²) >= 11 is 5.91. The van der Waals surface area contributed by atoms with E-state index in [2.05, 4.69) is 25.7 Å². The summed E-state index contributed by atoms with van der Waals surface area (Å²) in [6.45, 7) is -2.19. The first-order valence-electron chi connectivity index (χ1n) is 7.45. The number of aliphatic imine (C=N–C) groups is 1. The molecule has 1 aromatic carbocycles. The molecule has 132 valence electrons. The second-order valence-electron chi connectivity index (χ2n) is 5.24. The third kappa shape index (κ3) is 5.52. The number of rotatable bonds is 5. The lowest BCUT2D eigenvalue weighted by molar-refractivity contribution is -0.122. The Labute approximate surface area is 143 Å². The lowest BCUT2D eigenvalue weighted by Crippen LogP contribution is -2.51. The number of nitrogens with zero attached hydrogens (tertiary/aromatic N) is 1. The number of ether oxygens (including phenoxy) is 1. The molecule has 2 rings (SSSR count). The Morgan fingerprint density at radius 1 is 1.54 bits per heavy atom. The molecule has 1 saturated heterocycles. The molecule has 1 unspecified atom stereocenters. The minimum atomic E-state index is -2.91. The van der Waals surface area contributed by atoms with Crippen LogP contribution < -0.4 is 20.7 Å². The number of alkyl halides is 2. The molecule has 1 aromatic rings. The molecule has 24 heavy (non-hydrogen) atoms. The van der Waals surface area contributed by atoms with E-state index >= 15 is 0 Å². The van der Waals surface area contributed by atoms with Gasteiger partial charge in [0, 0.05) is 43.2 Å². The molecular formula is C15H19ClF2N4O2. The Hall–Kier alpha value is -2.09. The van der Waals surface area contributed by atoms with Gasteiger partial charge in [0.2, 0.25) is 5.91 Å². The maximum Gasteiger partial charge on any atom is 0.387 e. The maximum absolute atomic E-state index is 12.5. The monoisotopic (exact) mass is 360 g/mol. The SMILES string of the molecule is CN=C(NCc1cc(Cl)ccc1OC(F)F)NC1CCC(=O)NC1. The fourth-order valence-corrected chi connectivity index (χ4v) is 2.51. The van der Waals surface area contributed by atoms with E-state index < -0.39 is 6.61 Å². The van der Waals surface area contributed by atoms with Crippen LogP contribution in [-0.2, 0) is 11.3 Å². The lowest BCUT2D eigenvalue weighted by Gasteiger charge is -2.25. The van der Waals surface area contributed by atoms with Crippen molar-refractivity contribution in [3.63, 3.8) is 0 Å². The molecule has 0 radical (unpaired) electrons. The van der Waals surface area contributed by atoms with Gasteiger partial charge in [-0.1, -0.05) is 11.6 Å². The summed E-state index contributed by atoms with van der Waals surface area (Å²) in [6, 6.07) is 4.50. The predicted molar refractivity (Wildman–Crippen MR) is 87.5 cm³/mol. The van der Waals surface area contributed by atoms with Gasteiger partial charge < -0.3 is 20.7 Å². The second-order valence-corrected chi connectivity index (χ2v) is 5.68. The first kappa shape index (κ1) is 18.3. The van der Waals surface area contributed by atoms with Crippen molar-refractivity contribution in [3.8, 4) is 5.75 Å². The summed E-state index contributed by atoms with van der Waals surface area (Å²) in [6.07, 6.45) is 1.15. The molecule has 1 heterocycles. The minimum absolute atomic E-state index is 0.0312. The first-order chi connectivity index (χ1) is 11.5. The largest absolute Gasteiger partial charge is 0.434 e. The Bertz CT molecular complexity index is 603. The Kier molecular flexibility index (Phi) is 6.60. The van der Waals surface area contributed by atoms with Crippen LogP contribution in [0.5, 0.6) is 5.75 Å². The first-order valence-corrected chi connectivity index (χ1v) is 7.83. The van der Waals surface area contributed by atoms with Crippen LogP contribution in [0.2, 0.25) is 5.02 Å². The van der Waals surface area contributed by atoms with Gasteiger partial charge in [0.25, 0.3) is 0 Å². The minimum Gasteiger partial charge on any atom is -0.434 e. The maximum atomic E-state index is 12.5. The Morgan fingerprint density at radius 2 is 2.33 bits per heavy atom. The summed E-state index contributed by atoms with van der Waals surface area (Å²) in [5, 5.41) is 9.39. The van der Waals surface area contributed by atoms with E-state index in [1.807, 2.05) is 0 Å². The van der Waals surface area contributed by atoms with Gasteiger partial charge in [-0.25, -0.2) is 0 Å². The van der Waals surface area contributed by atoms with Crippen molar-refractivity contribution in [2.24, 2.45) is 4.99 Å². The zero-order chi connectivity index (χ0) is 17.5. The molecule has 9 heteroatoms. The second kappa shape index (κ2) is 8.68. The summed E-state index contributed by atoms with van der Waals surface area (Å²) in [5.41, 5.74) is 0.489. The van der Waals surface area contributed by atoms with Gasteiger partial charge in [-0.3, -0.25) is 9.79 Å². The van der Waals surface area contributed by atoms with Crippen LogP contribution in [0.3, 0.4) is 0 Å².